The molecule has 0 bridgehead atoms. The highest BCUT2D eigenvalue weighted by Gasteiger charge is 2.27. The van der Waals surface area contributed by atoms with Crippen LogP contribution in [0, 0.1) is 0 Å². The summed E-state index contributed by atoms with van der Waals surface area (Å²) in [6.45, 7) is 3.81. The molecule has 3 rings (SSSR count). The Balaban J connectivity index is 1.86. The summed E-state index contributed by atoms with van der Waals surface area (Å²) in [5.74, 6) is -0.131. The van der Waals surface area contributed by atoms with Gasteiger partial charge in [-0.3, -0.25) is 9.10 Å². The summed E-state index contributed by atoms with van der Waals surface area (Å²) >= 11 is 0. The fourth-order valence-corrected chi connectivity index (χ4v) is 4.88. The fraction of sp³-hybridized carbons (Fsp3) is 0.391. The smallest absolute Gasteiger partial charge is 0.264 e. The van der Waals surface area contributed by atoms with Gasteiger partial charge in [-0.25, -0.2) is 13.8 Å². The highest BCUT2D eigenvalue weighted by molar-refractivity contribution is 7.92. The number of anilines is 1. The van der Waals surface area contributed by atoms with E-state index in [0.717, 1.165) is 41.3 Å². The van der Waals surface area contributed by atoms with Gasteiger partial charge in [0.1, 0.15) is 6.54 Å². The summed E-state index contributed by atoms with van der Waals surface area (Å²) in [5, 5.41) is 4.22. The average molecular weight is 428 g/mol. The lowest BCUT2D eigenvalue weighted by Crippen LogP contribution is -2.39. The maximum Gasteiger partial charge on any atom is 0.264 e. The summed E-state index contributed by atoms with van der Waals surface area (Å²) in [5.41, 5.74) is 5.06. The molecule has 0 radical (unpaired) electrons. The SMILES string of the molecule is CC(C)c1ccc(N(CC(=O)NN=C2CCCCC2)S(=O)(=O)c2ccccc2)cc1. The van der Waals surface area contributed by atoms with Gasteiger partial charge in [-0.15, -0.1) is 0 Å². The molecular weight excluding hydrogens is 398 g/mol. The van der Waals surface area contributed by atoms with Crippen LogP contribution in [0.3, 0.4) is 0 Å². The van der Waals surface area contributed by atoms with Crippen molar-refractivity contribution >= 4 is 27.3 Å². The van der Waals surface area contributed by atoms with Crippen molar-refractivity contribution in [3.05, 3.63) is 60.2 Å². The Morgan fingerprint density at radius 2 is 1.63 bits per heavy atom. The van der Waals surface area contributed by atoms with Crippen LogP contribution in [0.5, 0.6) is 0 Å². The average Bonchev–Trinajstić information content (AvgIpc) is 2.77. The summed E-state index contributed by atoms with van der Waals surface area (Å²) < 4.78 is 27.7. The molecule has 0 atom stereocenters. The number of hydrazone groups is 1. The number of carbonyl (C=O) groups excluding carboxylic acids is 1. The van der Waals surface area contributed by atoms with E-state index in [2.05, 4.69) is 24.4 Å². The first kappa shape index (κ1) is 22.0. The fourth-order valence-electron chi connectivity index (χ4n) is 3.44. The minimum Gasteiger partial charge on any atom is -0.271 e. The molecule has 160 valence electrons. The molecule has 0 heterocycles. The Bertz CT molecular complexity index is 976. The molecule has 1 N–H and O–H groups in total. The molecule has 2 aromatic rings. The van der Waals surface area contributed by atoms with Crippen molar-refractivity contribution < 1.29 is 13.2 Å². The van der Waals surface area contributed by atoms with E-state index in [9.17, 15) is 13.2 Å². The molecule has 6 nitrogen and oxygen atoms in total. The van der Waals surface area contributed by atoms with Crippen LogP contribution in [0.1, 0.15) is 57.4 Å². The van der Waals surface area contributed by atoms with Crippen molar-refractivity contribution in [2.24, 2.45) is 5.10 Å². The standard InChI is InChI=1S/C23H29N3O3S/c1-18(2)19-13-15-21(16-14-19)26(30(28,29)22-11-7-4-8-12-22)17-23(27)25-24-20-9-5-3-6-10-20/h4,7-8,11-16,18H,3,5-6,9-10,17H2,1-2H3,(H,25,27). The van der Waals surface area contributed by atoms with Gasteiger partial charge in [0.05, 0.1) is 10.6 Å². The van der Waals surface area contributed by atoms with Gasteiger partial charge in [-0.2, -0.15) is 5.10 Å². The lowest BCUT2D eigenvalue weighted by atomic mass is 9.99. The van der Waals surface area contributed by atoms with Crippen LogP contribution in [0.15, 0.2) is 64.6 Å². The van der Waals surface area contributed by atoms with E-state index >= 15 is 0 Å². The van der Waals surface area contributed by atoms with E-state index in [0.29, 0.717) is 11.6 Å². The van der Waals surface area contributed by atoms with Crippen molar-refractivity contribution in [3.63, 3.8) is 0 Å². The zero-order valence-corrected chi connectivity index (χ0v) is 18.4. The van der Waals surface area contributed by atoms with Crippen molar-refractivity contribution in [3.8, 4) is 0 Å². The largest absolute Gasteiger partial charge is 0.271 e. The second kappa shape index (κ2) is 9.89. The van der Waals surface area contributed by atoms with Gasteiger partial charge in [-0.1, -0.05) is 50.6 Å². The zero-order valence-electron chi connectivity index (χ0n) is 17.5. The molecular formula is C23H29N3O3S. The van der Waals surface area contributed by atoms with E-state index in [4.69, 9.17) is 0 Å². The Morgan fingerprint density at radius 3 is 2.23 bits per heavy atom. The van der Waals surface area contributed by atoms with Crippen LogP contribution < -0.4 is 9.73 Å². The van der Waals surface area contributed by atoms with Crippen LogP contribution in [0.4, 0.5) is 5.69 Å². The molecule has 7 heteroatoms. The number of amides is 1. The molecule has 1 saturated carbocycles. The number of hydrogen-bond acceptors (Lipinski definition) is 4. The lowest BCUT2D eigenvalue weighted by molar-refractivity contribution is -0.119. The molecule has 30 heavy (non-hydrogen) atoms. The van der Waals surface area contributed by atoms with Gasteiger partial charge in [-0.05, 0) is 61.4 Å². The topological polar surface area (TPSA) is 78.8 Å². The summed E-state index contributed by atoms with van der Waals surface area (Å²) in [4.78, 5) is 12.7. The van der Waals surface area contributed by atoms with Gasteiger partial charge in [0, 0.05) is 5.71 Å². The molecule has 0 aliphatic heterocycles. The van der Waals surface area contributed by atoms with Gasteiger partial charge in [0.25, 0.3) is 15.9 Å². The molecule has 1 aliphatic carbocycles. The Labute approximate surface area is 179 Å². The lowest BCUT2D eigenvalue weighted by Gasteiger charge is -2.24. The number of sulfonamides is 1. The first-order valence-electron chi connectivity index (χ1n) is 10.4. The second-order valence-electron chi connectivity index (χ2n) is 7.84. The molecule has 2 aromatic carbocycles. The van der Waals surface area contributed by atoms with E-state index < -0.39 is 15.9 Å². The van der Waals surface area contributed by atoms with E-state index in [-0.39, 0.29) is 11.4 Å². The Kier molecular flexibility index (Phi) is 7.26. The summed E-state index contributed by atoms with van der Waals surface area (Å²) in [6, 6.07) is 15.4. The Morgan fingerprint density at radius 1 is 1.00 bits per heavy atom. The minimum absolute atomic E-state index is 0.143. The monoisotopic (exact) mass is 427 g/mol. The van der Waals surface area contributed by atoms with Gasteiger partial charge in [0.2, 0.25) is 0 Å². The molecule has 0 unspecified atom stereocenters. The van der Waals surface area contributed by atoms with Crippen LogP contribution in [-0.4, -0.2) is 26.6 Å². The number of hydrogen-bond donors (Lipinski definition) is 1. The maximum atomic E-state index is 13.3. The molecule has 0 spiro atoms. The van der Waals surface area contributed by atoms with Crippen molar-refractivity contribution in [2.75, 3.05) is 10.8 Å². The van der Waals surface area contributed by atoms with E-state index in [1.807, 2.05) is 12.1 Å². The third-order valence-electron chi connectivity index (χ3n) is 5.24. The van der Waals surface area contributed by atoms with Crippen molar-refractivity contribution in [1.29, 1.82) is 0 Å². The first-order valence-corrected chi connectivity index (χ1v) is 11.8. The van der Waals surface area contributed by atoms with Gasteiger partial charge in [0.15, 0.2) is 0 Å². The highest BCUT2D eigenvalue weighted by Crippen LogP contribution is 2.25. The number of rotatable bonds is 7. The summed E-state index contributed by atoms with van der Waals surface area (Å²) in [7, 11) is -3.90. The second-order valence-corrected chi connectivity index (χ2v) is 9.71. The van der Waals surface area contributed by atoms with Crippen LogP contribution >= 0.6 is 0 Å². The third-order valence-corrected chi connectivity index (χ3v) is 7.02. The Hall–Kier alpha value is -2.67. The first-order chi connectivity index (χ1) is 14.4. The van der Waals surface area contributed by atoms with Gasteiger partial charge < -0.3 is 0 Å². The van der Waals surface area contributed by atoms with Crippen molar-refractivity contribution in [1.82, 2.24) is 5.43 Å². The maximum absolute atomic E-state index is 13.3. The number of benzene rings is 2. The normalized spacial score (nSPS) is 14.4. The number of nitrogens with one attached hydrogen (secondary N) is 1. The number of nitrogens with zero attached hydrogens (tertiary/aromatic N) is 2. The number of carbonyl (C=O) groups is 1. The van der Waals surface area contributed by atoms with Crippen LogP contribution in [0.25, 0.3) is 0 Å². The molecule has 0 saturated heterocycles. The predicted octanol–water partition coefficient (Wildman–Crippen LogP) is 4.44. The molecule has 0 aromatic heterocycles. The van der Waals surface area contributed by atoms with Crippen LogP contribution in [-0.2, 0) is 14.8 Å². The zero-order chi connectivity index (χ0) is 21.6. The van der Waals surface area contributed by atoms with Crippen LogP contribution in [0.2, 0.25) is 0 Å². The minimum atomic E-state index is -3.90. The van der Waals surface area contributed by atoms with Gasteiger partial charge >= 0.3 is 0 Å². The predicted molar refractivity (Wildman–Crippen MR) is 120 cm³/mol. The quantitative estimate of drug-likeness (QED) is 0.664. The molecule has 1 aliphatic rings. The van der Waals surface area contributed by atoms with E-state index in [1.165, 1.54) is 18.6 Å². The molecule has 1 fully saturated rings. The summed E-state index contributed by atoms with van der Waals surface area (Å²) in [6.07, 6.45) is 5.09. The van der Waals surface area contributed by atoms with Crippen molar-refractivity contribution in [2.45, 2.75) is 56.8 Å². The third kappa shape index (κ3) is 5.48. The molecule has 1 amide bonds. The highest BCUT2D eigenvalue weighted by atomic mass is 32.2. The van der Waals surface area contributed by atoms with E-state index in [1.54, 1.807) is 30.3 Å².